The van der Waals surface area contributed by atoms with E-state index in [4.69, 9.17) is 5.73 Å². The predicted octanol–water partition coefficient (Wildman–Crippen LogP) is 0.986. The number of hydrogen-bond donors (Lipinski definition) is 1. The van der Waals surface area contributed by atoms with Crippen molar-refractivity contribution in [3.05, 3.63) is 29.8 Å². The number of rotatable bonds is 1. The molecule has 0 atom stereocenters. The van der Waals surface area contributed by atoms with Crippen molar-refractivity contribution in [3.8, 4) is 0 Å². The second kappa shape index (κ2) is 2.33. The van der Waals surface area contributed by atoms with Gasteiger partial charge >= 0.3 is 0 Å². The van der Waals surface area contributed by atoms with Gasteiger partial charge in [-0.05, 0) is 25.3 Å². The van der Waals surface area contributed by atoms with Gasteiger partial charge in [-0.3, -0.25) is 4.40 Å². The van der Waals surface area contributed by atoms with Gasteiger partial charge in [0.05, 0.1) is 11.2 Å². The van der Waals surface area contributed by atoms with Crippen LogP contribution in [0.1, 0.15) is 24.1 Å². The van der Waals surface area contributed by atoms with Crippen LogP contribution in [0.4, 0.5) is 0 Å². The highest BCUT2D eigenvalue weighted by atomic mass is 15.1. The van der Waals surface area contributed by atoms with Gasteiger partial charge in [-0.2, -0.15) is 0 Å². The lowest BCUT2D eigenvalue weighted by atomic mass is 10.2. The quantitative estimate of drug-likeness (QED) is 0.726. The van der Waals surface area contributed by atoms with Gasteiger partial charge in [-0.15, -0.1) is 0 Å². The minimum atomic E-state index is -0.165. The van der Waals surface area contributed by atoms with E-state index in [0.717, 1.165) is 29.9 Å². The molecule has 2 heterocycles. The van der Waals surface area contributed by atoms with E-state index in [1.165, 1.54) is 0 Å². The van der Waals surface area contributed by atoms with Crippen molar-refractivity contribution in [1.82, 2.24) is 14.4 Å². The van der Waals surface area contributed by atoms with Gasteiger partial charge in [-0.1, -0.05) is 0 Å². The van der Waals surface area contributed by atoms with Gasteiger partial charge in [-0.25, -0.2) is 9.97 Å². The number of nitrogens with two attached hydrogens (primary N) is 1. The standard InChI is InChI=1S/C10H12N4/c1-7-4-12-9-13-8(6-14(9)5-7)10(11)2-3-10/h4-6H,2-3,11H2,1H3. The summed E-state index contributed by atoms with van der Waals surface area (Å²) in [7, 11) is 0. The van der Waals surface area contributed by atoms with Crippen LogP contribution in [0.3, 0.4) is 0 Å². The Labute approximate surface area is 81.8 Å². The van der Waals surface area contributed by atoms with E-state index in [1.807, 2.05) is 29.9 Å². The van der Waals surface area contributed by atoms with Gasteiger partial charge in [0.25, 0.3) is 0 Å². The van der Waals surface area contributed by atoms with Crippen molar-refractivity contribution >= 4 is 5.78 Å². The smallest absolute Gasteiger partial charge is 0.233 e. The summed E-state index contributed by atoms with van der Waals surface area (Å²) < 4.78 is 1.94. The molecule has 1 aliphatic rings. The molecule has 14 heavy (non-hydrogen) atoms. The predicted molar refractivity (Wildman–Crippen MR) is 52.8 cm³/mol. The largest absolute Gasteiger partial charge is 0.320 e. The van der Waals surface area contributed by atoms with Crippen LogP contribution in [0.15, 0.2) is 18.6 Å². The average molecular weight is 188 g/mol. The number of aryl methyl sites for hydroxylation is 1. The molecule has 0 spiro atoms. The maximum absolute atomic E-state index is 6.07. The third-order valence-electron chi connectivity index (χ3n) is 2.74. The topological polar surface area (TPSA) is 56.2 Å². The Balaban J connectivity index is 2.20. The number of aromatic nitrogens is 3. The van der Waals surface area contributed by atoms with Crippen LogP contribution >= 0.6 is 0 Å². The highest BCUT2D eigenvalue weighted by Gasteiger charge is 2.42. The zero-order chi connectivity index (χ0) is 9.76. The molecule has 4 nitrogen and oxygen atoms in total. The Hall–Kier alpha value is -1.42. The van der Waals surface area contributed by atoms with E-state index in [9.17, 15) is 0 Å². The molecule has 2 aromatic rings. The first-order chi connectivity index (χ1) is 6.67. The third kappa shape index (κ3) is 1.04. The Morgan fingerprint density at radius 1 is 1.43 bits per heavy atom. The van der Waals surface area contributed by atoms with Crippen LogP contribution in [-0.4, -0.2) is 14.4 Å². The minimum Gasteiger partial charge on any atom is -0.320 e. The summed E-state index contributed by atoms with van der Waals surface area (Å²) in [6.07, 6.45) is 7.90. The lowest BCUT2D eigenvalue weighted by molar-refractivity contribution is 0.715. The summed E-state index contributed by atoms with van der Waals surface area (Å²) >= 11 is 0. The fourth-order valence-electron chi connectivity index (χ4n) is 1.62. The van der Waals surface area contributed by atoms with E-state index in [2.05, 4.69) is 9.97 Å². The van der Waals surface area contributed by atoms with Crippen molar-refractivity contribution in [2.75, 3.05) is 0 Å². The van der Waals surface area contributed by atoms with Crippen LogP contribution < -0.4 is 5.73 Å². The molecule has 72 valence electrons. The zero-order valence-electron chi connectivity index (χ0n) is 8.07. The zero-order valence-corrected chi connectivity index (χ0v) is 8.07. The number of hydrogen-bond acceptors (Lipinski definition) is 3. The highest BCUT2D eigenvalue weighted by molar-refractivity contribution is 5.35. The van der Waals surface area contributed by atoms with Crippen molar-refractivity contribution < 1.29 is 0 Å². The summed E-state index contributed by atoms with van der Waals surface area (Å²) in [5.74, 6) is 0.738. The molecule has 4 heteroatoms. The fraction of sp³-hybridized carbons (Fsp3) is 0.400. The molecular formula is C10H12N4. The highest BCUT2D eigenvalue weighted by Crippen LogP contribution is 2.41. The number of imidazole rings is 1. The first kappa shape index (κ1) is 7.94. The molecular weight excluding hydrogens is 176 g/mol. The molecule has 1 saturated carbocycles. The molecule has 0 radical (unpaired) electrons. The maximum Gasteiger partial charge on any atom is 0.233 e. The fourth-order valence-corrected chi connectivity index (χ4v) is 1.62. The van der Waals surface area contributed by atoms with Crippen molar-refractivity contribution in [2.45, 2.75) is 25.3 Å². The van der Waals surface area contributed by atoms with E-state index in [-0.39, 0.29) is 5.54 Å². The number of nitrogens with zero attached hydrogens (tertiary/aromatic N) is 3. The summed E-state index contributed by atoms with van der Waals surface area (Å²) in [5.41, 5.74) is 8.00. The van der Waals surface area contributed by atoms with Gasteiger partial charge in [0.1, 0.15) is 0 Å². The van der Waals surface area contributed by atoms with E-state index < -0.39 is 0 Å². The molecule has 3 rings (SSSR count). The van der Waals surface area contributed by atoms with Crippen LogP contribution in [0, 0.1) is 6.92 Å². The normalized spacial score (nSPS) is 18.7. The molecule has 0 aromatic carbocycles. The third-order valence-corrected chi connectivity index (χ3v) is 2.74. The van der Waals surface area contributed by atoms with E-state index in [1.54, 1.807) is 0 Å². The molecule has 0 unspecified atom stereocenters. The van der Waals surface area contributed by atoms with Gasteiger partial charge < -0.3 is 5.73 Å². The van der Waals surface area contributed by atoms with Crippen LogP contribution in [0.25, 0.3) is 5.78 Å². The molecule has 2 N–H and O–H groups in total. The van der Waals surface area contributed by atoms with Crippen molar-refractivity contribution in [1.29, 1.82) is 0 Å². The van der Waals surface area contributed by atoms with Crippen LogP contribution in [0.5, 0.6) is 0 Å². The lowest BCUT2D eigenvalue weighted by Gasteiger charge is -2.00. The molecule has 2 aromatic heterocycles. The molecule has 0 aliphatic heterocycles. The molecule has 0 amide bonds. The average Bonchev–Trinajstić information content (AvgIpc) is 2.77. The van der Waals surface area contributed by atoms with E-state index in [0.29, 0.717) is 0 Å². The Kier molecular flexibility index (Phi) is 1.32. The maximum atomic E-state index is 6.07. The summed E-state index contributed by atoms with van der Waals surface area (Å²) in [5, 5.41) is 0. The summed E-state index contributed by atoms with van der Waals surface area (Å²) in [4.78, 5) is 8.65. The van der Waals surface area contributed by atoms with Crippen LogP contribution in [-0.2, 0) is 5.54 Å². The molecule has 0 saturated heterocycles. The first-order valence-corrected chi connectivity index (χ1v) is 4.78. The van der Waals surface area contributed by atoms with Gasteiger partial charge in [0, 0.05) is 18.6 Å². The van der Waals surface area contributed by atoms with Gasteiger partial charge in [0.2, 0.25) is 5.78 Å². The summed E-state index contributed by atoms with van der Waals surface area (Å²) in [6, 6.07) is 0. The van der Waals surface area contributed by atoms with Crippen molar-refractivity contribution in [2.24, 2.45) is 5.73 Å². The molecule has 0 bridgehead atoms. The number of fused-ring (bicyclic) bond motifs is 1. The molecule has 1 aliphatic carbocycles. The first-order valence-electron chi connectivity index (χ1n) is 4.78. The van der Waals surface area contributed by atoms with Gasteiger partial charge in [0.15, 0.2) is 0 Å². The lowest BCUT2D eigenvalue weighted by Crippen LogP contribution is -2.18. The van der Waals surface area contributed by atoms with E-state index >= 15 is 0 Å². The SMILES string of the molecule is Cc1cnc2nc(C3(N)CC3)cn2c1. The van der Waals surface area contributed by atoms with Crippen LogP contribution in [0.2, 0.25) is 0 Å². The Morgan fingerprint density at radius 3 is 2.93 bits per heavy atom. The second-order valence-electron chi connectivity index (χ2n) is 4.12. The minimum absolute atomic E-state index is 0.165. The molecule has 1 fully saturated rings. The monoisotopic (exact) mass is 188 g/mol. The Morgan fingerprint density at radius 2 is 2.21 bits per heavy atom. The second-order valence-corrected chi connectivity index (χ2v) is 4.12. The summed E-state index contributed by atoms with van der Waals surface area (Å²) in [6.45, 7) is 2.02. The van der Waals surface area contributed by atoms with Crippen molar-refractivity contribution in [3.63, 3.8) is 0 Å². The Bertz CT molecular complexity index is 496.